The molecule has 0 bridgehead atoms. The van der Waals surface area contributed by atoms with Gasteiger partial charge in [0.1, 0.15) is 0 Å². The minimum absolute atomic E-state index is 0. The molecule has 0 spiro atoms. The van der Waals surface area contributed by atoms with Crippen molar-refractivity contribution >= 4 is 21.7 Å². The third kappa shape index (κ3) is 6.41. The van der Waals surface area contributed by atoms with Crippen LogP contribution in [0.3, 0.4) is 0 Å². The third-order valence-electron chi connectivity index (χ3n) is 4.77. The lowest BCUT2D eigenvalue weighted by molar-refractivity contribution is -0.182. The number of piperidine rings is 1. The average molecular weight is 459 g/mol. The van der Waals surface area contributed by atoms with Crippen LogP contribution in [0, 0.1) is 5.92 Å². The zero-order valence-corrected chi connectivity index (χ0v) is 16.7. The van der Waals surface area contributed by atoms with E-state index in [-0.39, 0.29) is 38.3 Å². The number of carbonyl (C=O) groups is 1. The van der Waals surface area contributed by atoms with Crippen molar-refractivity contribution in [2.45, 2.75) is 37.9 Å². The van der Waals surface area contributed by atoms with Crippen LogP contribution in [-0.2, 0) is 16.6 Å². The van der Waals surface area contributed by atoms with Crippen molar-refractivity contribution in [3.05, 3.63) is 54.4 Å². The van der Waals surface area contributed by atoms with Gasteiger partial charge in [-0.3, -0.25) is 4.98 Å². The van der Waals surface area contributed by atoms with Crippen LogP contribution in [0.1, 0.15) is 25.8 Å². The maximum absolute atomic E-state index is 13.0. The number of halogens is 3. The summed E-state index contributed by atoms with van der Waals surface area (Å²) >= 11 is 0. The van der Waals surface area contributed by atoms with E-state index in [4.69, 9.17) is 0 Å². The molecule has 0 saturated carbocycles. The average Bonchev–Trinajstić information content (AvgIpc) is 2.73. The van der Waals surface area contributed by atoms with Crippen LogP contribution in [0.15, 0.2) is 53.7 Å². The number of nitrogens with one attached hydrogen (secondary N) is 2. The van der Waals surface area contributed by atoms with Crippen molar-refractivity contribution in [1.82, 2.24) is 14.6 Å². The standard InChI is InChI=1S/C19H21F3N4O3S.CH4/c20-19(21,22)15-4-2-10-26(13-15)30(28,29)17-7-5-16(6-8-17)25-18(27)24-12-14-3-1-9-23-11-14;/h1,3,5-9,11,15H,2,4,10,12-13H2,(H2,24,25,27);1H4/t15-;/m0./s1. The highest BCUT2D eigenvalue weighted by Crippen LogP contribution is 2.35. The zero-order valence-electron chi connectivity index (χ0n) is 15.9. The maximum Gasteiger partial charge on any atom is 0.393 e. The van der Waals surface area contributed by atoms with E-state index in [1.807, 2.05) is 0 Å². The lowest BCUT2D eigenvalue weighted by atomic mass is 9.99. The van der Waals surface area contributed by atoms with E-state index in [1.165, 1.54) is 24.3 Å². The van der Waals surface area contributed by atoms with Gasteiger partial charge in [0.25, 0.3) is 0 Å². The Morgan fingerprint density at radius 3 is 2.52 bits per heavy atom. The number of alkyl halides is 3. The first-order valence-corrected chi connectivity index (χ1v) is 10.7. The van der Waals surface area contributed by atoms with Crippen LogP contribution in [0.5, 0.6) is 0 Å². The summed E-state index contributed by atoms with van der Waals surface area (Å²) < 4.78 is 65.2. The van der Waals surface area contributed by atoms with Crippen LogP contribution >= 0.6 is 0 Å². The molecule has 0 radical (unpaired) electrons. The summed E-state index contributed by atoms with van der Waals surface area (Å²) in [4.78, 5) is 15.8. The Hall–Kier alpha value is -2.66. The monoisotopic (exact) mass is 458 g/mol. The van der Waals surface area contributed by atoms with Crippen molar-refractivity contribution < 1.29 is 26.4 Å². The topological polar surface area (TPSA) is 91.4 Å². The molecule has 1 aliphatic rings. The Balaban J connectivity index is 0.00000341. The summed E-state index contributed by atoms with van der Waals surface area (Å²) in [5.41, 5.74) is 1.16. The Morgan fingerprint density at radius 2 is 1.90 bits per heavy atom. The molecule has 1 aliphatic heterocycles. The molecule has 1 saturated heterocycles. The number of nitrogens with zero attached hydrogens (tertiary/aromatic N) is 2. The SMILES string of the molecule is C.O=C(NCc1cccnc1)Nc1ccc(S(=O)(=O)N2CCC[C@H](C(F)(F)F)C2)cc1. The summed E-state index contributed by atoms with van der Waals surface area (Å²) in [7, 11) is -4.05. The number of pyridine rings is 1. The highest BCUT2D eigenvalue weighted by atomic mass is 32.2. The van der Waals surface area contributed by atoms with Gasteiger partial charge in [-0.2, -0.15) is 17.5 Å². The largest absolute Gasteiger partial charge is 0.393 e. The van der Waals surface area contributed by atoms with E-state index in [0.717, 1.165) is 9.87 Å². The molecule has 1 aromatic heterocycles. The quantitative estimate of drug-likeness (QED) is 0.709. The van der Waals surface area contributed by atoms with E-state index in [2.05, 4.69) is 15.6 Å². The number of aromatic nitrogens is 1. The fraction of sp³-hybridized carbons (Fsp3) is 0.400. The molecule has 7 nitrogen and oxygen atoms in total. The van der Waals surface area contributed by atoms with Crippen molar-refractivity contribution in [3.8, 4) is 0 Å². The smallest absolute Gasteiger partial charge is 0.334 e. The maximum atomic E-state index is 13.0. The summed E-state index contributed by atoms with van der Waals surface area (Å²) in [6.07, 6.45) is -1.12. The highest BCUT2D eigenvalue weighted by Gasteiger charge is 2.44. The number of carbonyl (C=O) groups excluding carboxylic acids is 1. The zero-order chi connectivity index (χ0) is 21.8. The molecule has 1 fully saturated rings. The lowest BCUT2D eigenvalue weighted by Crippen LogP contribution is -2.44. The minimum atomic E-state index is -4.43. The lowest BCUT2D eigenvalue weighted by Gasteiger charge is -2.32. The normalized spacial score (nSPS) is 17.5. The van der Waals surface area contributed by atoms with Gasteiger partial charge in [0.2, 0.25) is 10.0 Å². The molecule has 2 aromatic rings. The second-order valence-corrected chi connectivity index (χ2v) is 8.88. The molecule has 3 rings (SSSR count). The second-order valence-electron chi connectivity index (χ2n) is 6.94. The van der Waals surface area contributed by atoms with Crippen LogP contribution < -0.4 is 10.6 Å². The van der Waals surface area contributed by atoms with Gasteiger partial charge in [-0.1, -0.05) is 13.5 Å². The van der Waals surface area contributed by atoms with Gasteiger partial charge in [-0.15, -0.1) is 0 Å². The molecular formula is C20H25F3N4O3S. The molecule has 1 atom stereocenters. The third-order valence-corrected chi connectivity index (χ3v) is 6.65. The molecule has 2 heterocycles. The van der Waals surface area contributed by atoms with E-state index in [1.54, 1.807) is 24.5 Å². The van der Waals surface area contributed by atoms with Crippen LogP contribution in [-0.4, -0.2) is 43.0 Å². The van der Waals surface area contributed by atoms with Crippen LogP contribution in [0.2, 0.25) is 0 Å². The number of hydrogen-bond acceptors (Lipinski definition) is 4. The molecule has 0 unspecified atom stereocenters. The Kier molecular flexibility index (Phi) is 8.02. The van der Waals surface area contributed by atoms with Crippen molar-refractivity contribution in [3.63, 3.8) is 0 Å². The molecule has 1 aromatic carbocycles. The first-order chi connectivity index (χ1) is 14.2. The van der Waals surface area contributed by atoms with Gasteiger partial charge >= 0.3 is 12.2 Å². The van der Waals surface area contributed by atoms with Crippen LogP contribution in [0.25, 0.3) is 0 Å². The number of benzene rings is 1. The van der Waals surface area contributed by atoms with E-state index < -0.39 is 34.7 Å². The molecule has 11 heteroatoms. The minimum Gasteiger partial charge on any atom is -0.334 e. The van der Waals surface area contributed by atoms with Gasteiger partial charge < -0.3 is 10.6 Å². The summed E-state index contributed by atoms with van der Waals surface area (Å²) in [5.74, 6) is -1.66. The van der Waals surface area contributed by atoms with Crippen LogP contribution in [0.4, 0.5) is 23.7 Å². The fourth-order valence-electron chi connectivity index (χ4n) is 3.15. The molecule has 2 amide bonds. The van der Waals surface area contributed by atoms with Gasteiger partial charge in [0, 0.05) is 37.7 Å². The molecule has 2 N–H and O–H groups in total. The van der Waals surface area contributed by atoms with E-state index in [0.29, 0.717) is 5.69 Å². The van der Waals surface area contributed by atoms with Crippen molar-refractivity contribution in [2.75, 3.05) is 18.4 Å². The van der Waals surface area contributed by atoms with Crippen molar-refractivity contribution in [2.24, 2.45) is 5.92 Å². The number of amides is 2. The number of hydrogen-bond donors (Lipinski definition) is 2. The summed E-state index contributed by atoms with van der Waals surface area (Å²) in [6.45, 7) is -0.268. The van der Waals surface area contributed by atoms with E-state index >= 15 is 0 Å². The molecule has 31 heavy (non-hydrogen) atoms. The second kappa shape index (κ2) is 10.1. The number of urea groups is 1. The predicted molar refractivity (Wildman–Crippen MR) is 111 cm³/mol. The Labute approximate surface area is 179 Å². The van der Waals surface area contributed by atoms with Gasteiger partial charge in [-0.05, 0) is 48.7 Å². The van der Waals surface area contributed by atoms with Gasteiger partial charge in [-0.25, -0.2) is 13.2 Å². The number of anilines is 1. The Bertz CT molecular complexity index is 967. The summed E-state index contributed by atoms with van der Waals surface area (Å²) in [6, 6.07) is 8.37. The summed E-state index contributed by atoms with van der Waals surface area (Å²) in [5, 5.41) is 5.21. The van der Waals surface area contributed by atoms with Gasteiger partial charge in [0.15, 0.2) is 0 Å². The fourth-order valence-corrected chi connectivity index (χ4v) is 4.67. The van der Waals surface area contributed by atoms with Gasteiger partial charge in [0.05, 0.1) is 10.8 Å². The number of sulfonamides is 1. The van der Waals surface area contributed by atoms with Crippen molar-refractivity contribution in [1.29, 1.82) is 0 Å². The molecular weight excluding hydrogens is 433 g/mol. The highest BCUT2D eigenvalue weighted by molar-refractivity contribution is 7.89. The molecule has 170 valence electrons. The number of rotatable bonds is 5. The molecule has 0 aliphatic carbocycles. The first-order valence-electron chi connectivity index (χ1n) is 9.27. The first kappa shape index (κ1) is 24.6. The predicted octanol–water partition coefficient (Wildman–Crippen LogP) is 4.00. The van der Waals surface area contributed by atoms with E-state index in [9.17, 15) is 26.4 Å². The Morgan fingerprint density at radius 1 is 1.19 bits per heavy atom.